The molecule has 0 unspecified atom stereocenters. The van der Waals surface area contributed by atoms with E-state index in [2.05, 4.69) is 35.3 Å². The molecule has 0 atom stereocenters. The highest BCUT2D eigenvalue weighted by Crippen LogP contribution is 2.14. The molecular formula is C21H28IN7O2. The van der Waals surface area contributed by atoms with E-state index in [0.29, 0.717) is 24.7 Å². The van der Waals surface area contributed by atoms with E-state index in [-0.39, 0.29) is 24.0 Å². The number of rotatable bonds is 7. The smallest absolute Gasteiger partial charge is 0.216 e. The van der Waals surface area contributed by atoms with Gasteiger partial charge in [-0.3, -0.25) is 15.0 Å². The van der Waals surface area contributed by atoms with Crippen LogP contribution in [0.4, 0.5) is 0 Å². The number of ether oxygens (including phenoxy) is 1. The Hall–Kier alpha value is -2.60. The minimum Gasteiger partial charge on any atom is -0.492 e. The van der Waals surface area contributed by atoms with Gasteiger partial charge in [-0.2, -0.15) is 0 Å². The maximum atomic E-state index is 5.81. The third-order valence-electron chi connectivity index (χ3n) is 4.99. The van der Waals surface area contributed by atoms with Gasteiger partial charge in [-0.15, -0.1) is 29.1 Å². The van der Waals surface area contributed by atoms with Crippen LogP contribution in [0, 0.1) is 0 Å². The van der Waals surface area contributed by atoms with Crippen LogP contribution in [0.15, 0.2) is 58.1 Å². The van der Waals surface area contributed by atoms with Crippen LogP contribution in [-0.4, -0.2) is 77.3 Å². The summed E-state index contributed by atoms with van der Waals surface area (Å²) in [5.74, 6) is 3.72. The van der Waals surface area contributed by atoms with Gasteiger partial charge < -0.3 is 19.4 Å². The van der Waals surface area contributed by atoms with Crippen LogP contribution in [0.25, 0.3) is 11.6 Å². The molecule has 1 saturated heterocycles. The van der Waals surface area contributed by atoms with Crippen molar-refractivity contribution in [3.63, 3.8) is 0 Å². The second-order valence-corrected chi connectivity index (χ2v) is 6.97. The molecule has 0 aliphatic carbocycles. The number of aliphatic imine (C=N–C) groups is 1. The Labute approximate surface area is 198 Å². The minimum atomic E-state index is 0. The van der Waals surface area contributed by atoms with Gasteiger partial charge in [0.2, 0.25) is 5.82 Å². The maximum Gasteiger partial charge on any atom is 0.216 e. The van der Waals surface area contributed by atoms with Crippen molar-refractivity contribution in [3.05, 3.63) is 54.6 Å². The standard InChI is InChI=1S/C21H27N7O2.HI/c1-22-21(23-16-19-24-20(26-25-19)18-8-5-14-30-18)28-11-9-27(10-12-28)13-15-29-17-6-3-2-4-7-17;/h2-8,14H,9-13,15-16H2,1H3,(H,22,23)(H,24,25,26);1H. The van der Waals surface area contributed by atoms with Crippen LogP contribution in [0.3, 0.4) is 0 Å². The zero-order valence-electron chi connectivity index (χ0n) is 17.5. The van der Waals surface area contributed by atoms with Crippen molar-refractivity contribution in [2.45, 2.75) is 6.54 Å². The molecule has 0 saturated carbocycles. The predicted molar refractivity (Wildman–Crippen MR) is 130 cm³/mol. The molecular weight excluding hydrogens is 509 g/mol. The van der Waals surface area contributed by atoms with E-state index in [4.69, 9.17) is 9.15 Å². The number of halogens is 1. The molecule has 0 radical (unpaired) electrons. The fourth-order valence-corrected chi connectivity index (χ4v) is 3.38. The largest absolute Gasteiger partial charge is 0.492 e. The summed E-state index contributed by atoms with van der Waals surface area (Å²) in [6.45, 7) is 5.92. The van der Waals surface area contributed by atoms with Crippen LogP contribution in [-0.2, 0) is 6.54 Å². The van der Waals surface area contributed by atoms with Gasteiger partial charge in [0.05, 0.1) is 12.8 Å². The predicted octanol–water partition coefficient (Wildman–Crippen LogP) is 2.45. The number of para-hydroxylation sites is 1. The number of H-pyrrole nitrogens is 1. The first kappa shape index (κ1) is 23.1. The molecule has 9 nitrogen and oxygen atoms in total. The molecule has 0 amide bonds. The molecule has 1 aromatic carbocycles. The average molecular weight is 537 g/mol. The number of aromatic amines is 1. The Morgan fingerprint density at radius 2 is 1.97 bits per heavy atom. The average Bonchev–Trinajstić information content (AvgIpc) is 3.48. The summed E-state index contributed by atoms with van der Waals surface area (Å²) in [7, 11) is 1.80. The quantitative estimate of drug-likeness (QED) is 0.272. The van der Waals surface area contributed by atoms with E-state index in [1.807, 2.05) is 42.5 Å². The number of aromatic nitrogens is 3. The second-order valence-electron chi connectivity index (χ2n) is 6.97. The van der Waals surface area contributed by atoms with E-state index in [1.54, 1.807) is 13.3 Å². The summed E-state index contributed by atoms with van der Waals surface area (Å²) in [6, 6.07) is 13.6. The van der Waals surface area contributed by atoms with Crippen molar-refractivity contribution in [1.82, 2.24) is 30.3 Å². The second kappa shape index (κ2) is 11.7. The van der Waals surface area contributed by atoms with Crippen molar-refractivity contribution in [2.75, 3.05) is 46.4 Å². The zero-order chi connectivity index (χ0) is 20.6. The summed E-state index contributed by atoms with van der Waals surface area (Å²) in [4.78, 5) is 13.6. The normalized spacial score (nSPS) is 14.9. The Bertz CT molecular complexity index is 922. The van der Waals surface area contributed by atoms with Gasteiger partial charge in [0, 0.05) is 39.8 Å². The summed E-state index contributed by atoms with van der Waals surface area (Å²) >= 11 is 0. The van der Waals surface area contributed by atoms with Gasteiger partial charge in [0.25, 0.3) is 0 Å². The lowest BCUT2D eigenvalue weighted by Gasteiger charge is -2.36. The van der Waals surface area contributed by atoms with Gasteiger partial charge in [-0.05, 0) is 24.3 Å². The third kappa shape index (κ3) is 6.44. The van der Waals surface area contributed by atoms with E-state index in [0.717, 1.165) is 50.3 Å². The number of hydrogen-bond acceptors (Lipinski definition) is 6. The van der Waals surface area contributed by atoms with Crippen LogP contribution in [0.5, 0.6) is 5.75 Å². The molecule has 1 aliphatic heterocycles. The fraction of sp³-hybridized carbons (Fsp3) is 0.381. The molecule has 0 spiro atoms. The summed E-state index contributed by atoms with van der Waals surface area (Å²) < 4.78 is 11.1. The van der Waals surface area contributed by atoms with Gasteiger partial charge in [0.1, 0.15) is 18.2 Å². The van der Waals surface area contributed by atoms with Gasteiger partial charge in [0.15, 0.2) is 11.7 Å². The number of piperazine rings is 1. The van der Waals surface area contributed by atoms with E-state index in [9.17, 15) is 0 Å². The van der Waals surface area contributed by atoms with Gasteiger partial charge >= 0.3 is 0 Å². The number of nitrogens with zero attached hydrogens (tertiary/aromatic N) is 5. The first-order chi connectivity index (χ1) is 14.8. The van der Waals surface area contributed by atoms with Crippen molar-refractivity contribution in [2.24, 2.45) is 4.99 Å². The van der Waals surface area contributed by atoms with Crippen molar-refractivity contribution < 1.29 is 9.15 Å². The molecule has 4 rings (SSSR count). The van der Waals surface area contributed by atoms with Gasteiger partial charge in [-0.1, -0.05) is 18.2 Å². The molecule has 166 valence electrons. The fourth-order valence-electron chi connectivity index (χ4n) is 3.38. The van der Waals surface area contributed by atoms with E-state index >= 15 is 0 Å². The maximum absolute atomic E-state index is 5.81. The molecule has 10 heteroatoms. The molecule has 0 bridgehead atoms. The molecule has 1 fully saturated rings. The number of hydrogen-bond donors (Lipinski definition) is 2. The topological polar surface area (TPSA) is 94.8 Å². The highest BCUT2D eigenvalue weighted by molar-refractivity contribution is 14.0. The number of furan rings is 1. The van der Waals surface area contributed by atoms with Gasteiger partial charge in [-0.25, -0.2) is 4.98 Å². The number of guanidine groups is 1. The van der Waals surface area contributed by atoms with E-state index < -0.39 is 0 Å². The highest BCUT2D eigenvalue weighted by atomic mass is 127. The molecule has 1 aliphatic rings. The first-order valence-electron chi connectivity index (χ1n) is 10.1. The van der Waals surface area contributed by atoms with Crippen LogP contribution < -0.4 is 10.1 Å². The lowest BCUT2D eigenvalue weighted by molar-refractivity contribution is 0.152. The van der Waals surface area contributed by atoms with Crippen LogP contribution in [0.2, 0.25) is 0 Å². The number of nitrogens with one attached hydrogen (secondary N) is 2. The van der Waals surface area contributed by atoms with Crippen molar-refractivity contribution >= 4 is 29.9 Å². The third-order valence-corrected chi connectivity index (χ3v) is 4.99. The van der Waals surface area contributed by atoms with Crippen LogP contribution in [0.1, 0.15) is 5.82 Å². The Morgan fingerprint density at radius 3 is 2.68 bits per heavy atom. The Balaban J connectivity index is 0.00000272. The zero-order valence-corrected chi connectivity index (χ0v) is 19.9. The first-order valence-corrected chi connectivity index (χ1v) is 10.1. The molecule has 3 aromatic rings. The number of benzene rings is 1. The van der Waals surface area contributed by atoms with Crippen molar-refractivity contribution in [3.8, 4) is 17.3 Å². The summed E-state index contributed by atoms with van der Waals surface area (Å²) in [5.41, 5.74) is 0. The monoisotopic (exact) mass is 537 g/mol. The highest BCUT2D eigenvalue weighted by Gasteiger charge is 2.19. The molecule has 2 N–H and O–H groups in total. The van der Waals surface area contributed by atoms with E-state index in [1.165, 1.54) is 0 Å². The summed E-state index contributed by atoms with van der Waals surface area (Å²) in [5, 5.41) is 10.5. The lowest BCUT2D eigenvalue weighted by atomic mass is 10.3. The minimum absolute atomic E-state index is 0. The SMILES string of the molecule is CN=C(NCc1nc(-c2ccco2)n[nH]1)N1CCN(CCOc2ccccc2)CC1.I. The Kier molecular flexibility index (Phi) is 8.71. The molecule has 3 heterocycles. The lowest BCUT2D eigenvalue weighted by Crippen LogP contribution is -2.52. The van der Waals surface area contributed by atoms with Crippen molar-refractivity contribution in [1.29, 1.82) is 0 Å². The van der Waals surface area contributed by atoms with Crippen LogP contribution >= 0.6 is 24.0 Å². The summed E-state index contributed by atoms with van der Waals surface area (Å²) in [6.07, 6.45) is 1.61. The molecule has 2 aromatic heterocycles. The molecule has 31 heavy (non-hydrogen) atoms. The Morgan fingerprint density at radius 1 is 1.16 bits per heavy atom.